The lowest BCUT2D eigenvalue weighted by Gasteiger charge is -2.09. The molecule has 0 aliphatic heterocycles. The van der Waals surface area contributed by atoms with Gasteiger partial charge in [-0.25, -0.2) is 43.0 Å². The molecule has 0 spiro atoms. The fourth-order valence-electron chi connectivity index (χ4n) is 11.3. The van der Waals surface area contributed by atoms with Gasteiger partial charge in [0.25, 0.3) is 0 Å². The number of terminal acetylenes is 1. The lowest BCUT2D eigenvalue weighted by molar-refractivity contribution is 0.581. The minimum Gasteiger partial charge on any atom is -0.363 e. The summed E-state index contributed by atoms with van der Waals surface area (Å²) in [5, 5.41) is 67.5. The molecule has 0 radical (unpaired) electrons. The second kappa shape index (κ2) is 31.0. The van der Waals surface area contributed by atoms with E-state index in [1.807, 2.05) is 80.0 Å². The number of aromatic amines is 5. The number of hydrogen-bond donors (Lipinski definition) is 12. The third-order valence-electron chi connectivity index (χ3n) is 17.9. The number of aromatic nitrogens is 17. The van der Waals surface area contributed by atoms with Crippen molar-refractivity contribution in [2.75, 3.05) is 31.9 Å². The van der Waals surface area contributed by atoms with E-state index in [-0.39, 0.29) is 26.6 Å². The molecule has 28 nitrogen and oxygen atoms in total. The zero-order valence-corrected chi connectivity index (χ0v) is 58.9. The van der Waals surface area contributed by atoms with E-state index in [0.29, 0.717) is 93.8 Å². The molecule has 552 valence electrons. The lowest BCUT2D eigenvalue weighted by atomic mass is 10.1. The molecule has 9 heterocycles. The zero-order valence-electron chi connectivity index (χ0n) is 57.3. The van der Waals surface area contributed by atoms with Gasteiger partial charge in [-0.15, -0.1) is 6.42 Å². The van der Waals surface area contributed by atoms with E-state index >= 15 is 0 Å². The van der Waals surface area contributed by atoms with Gasteiger partial charge in [-0.1, -0.05) is 47.9 Å². The second-order valence-electron chi connectivity index (χ2n) is 26.5. The van der Waals surface area contributed by atoms with E-state index in [4.69, 9.17) is 28.5 Å². The Morgan fingerprint density at radius 3 is 1.95 bits per heavy atom. The summed E-state index contributed by atoms with van der Waals surface area (Å²) >= 11 is 6.21. The van der Waals surface area contributed by atoms with Crippen molar-refractivity contribution in [3.05, 3.63) is 220 Å². The Morgan fingerprint density at radius 1 is 0.585 bits per heavy atom. The Kier molecular flexibility index (Phi) is 20.1. The van der Waals surface area contributed by atoms with Gasteiger partial charge >= 0.3 is 0 Å². The van der Waals surface area contributed by atoms with E-state index in [9.17, 15) is 8.42 Å². The predicted octanol–water partition coefficient (Wildman–Crippen LogP) is 17.5. The molecule has 5 aliphatic carbocycles. The number of fused-ring (bicyclic) bond motifs is 1. The molecule has 13 aromatic rings. The minimum absolute atomic E-state index is 0. The van der Waals surface area contributed by atoms with Crippen LogP contribution in [0.4, 0.5) is 69.7 Å². The van der Waals surface area contributed by atoms with Gasteiger partial charge in [0.2, 0.25) is 27.9 Å². The van der Waals surface area contributed by atoms with Crippen molar-refractivity contribution in [3.63, 3.8) is 0 Å². The van der Waals surface area contributed by atoms with Gasteiger partial charge in [0.15, 0.2) is 29.1 Å². The molecule has 30 heteroatoms. The van der Waals surface area contributed by atoms with Gasteiger partial charge in [0.05, 0.1) is 75.8 Å². The standard InChI is InChI=1S/C20H22N6O2S.C19H16N8.C19H18N6.C18H15ClN6.11H2/c27-29(28,26-15-3-4-15)18-7-5-14(6-8-18)22-20-21-10-9-16(23-20)11-17-12-19(25-24-17)13-1-2-13;1-2-11-9-20-19(22-14-5-6-15-13(7-14)10-21-25-15)24-18(11)23-17-8-16(26-27-17)12-3-4-12;1-12-11-21-19(15-4-2-13(3-5-15)8-9-20)23-18(12)22-17-10-16(24-25-17)14-6-7-14;19-15-10-22-18(24-13-3-1-2-11(6-13)8-20)25-17(15)23-14-7-16(21-9-14)12-4-5-12;;;;;;;;;;;/h5-10,12-13,15,26H,1-4,11H2,(H,24,25)(H,21,22,23);1,5-10,12H,3-4H2,(H,21,25)(H3,20,22,23,24,26,27);2-5,10-11,14H,6-8H2,1H3,(H2,21,22,23,24,25);1-3,6-7,9-10,12,21H,4-5H2,(H2,22,23,24,25);11*1H. The molecule has 5 fully saturated rings. The molecule has 0 amide bonds. The van der Waals surface area contributed by atoms with Crippen molar-refractivity contribution in [1.29, 1.82) is 10.5 Å². The largest absolute Gasteiger partial charge is 0.363 e. The van der Waals surface area contributed by atoms with Crippen LogP contribution >= 0.6 is 11.6 Å². The summed E-state index contributed by atoms with van der Waals surface area (Å²) in [5.41, 5.74) is 14.8. The van der Waals surface area contributed by atoms with Crippen LogP contribution in [0, 0.1) is 41.9 Å². The zero-order chi connectivity index (χ0) is 72.5. The SMILES string of the molecule is C#Cc1cnc(Nc2ccc3[nH]ncc3c2)nc1Nc1cc(C2CC2)[nH]n1.Cc1cnc(-c2ccc(CC#N)cc2)nc1Nc1cc(C2CC2)[nH]n1.N#Cc1cccc(Nc2ncc(Cl)c(Nc3c[nH]c(C4CC4)c3)n2)c1.O=S(=O)(NC1CC1)c1ccc(Nc2nccc(Cc3cc(C4CC4)n[nH]3)n2)cc1.[HH].[HH].[HH].[HH].[HH].[HH].[HH].[HH].[HH].[HH].[HH]. The number of anilines is 12. The van der Waals surface area contributed by atoms with Crippen LogP contribution in [-0.2, 0) is 22.9 Å². The molecule has 18 rings (SSSR count). The normalized spacial score (nSPS) is 14.3. The third-order valence-corrected chi connectivity index (χ3v) is 19.7. The number of rotatable bonds is 23. The molecular formula is C76H93ClN26O2S. The van der Waals surface area contributed by atoms with Crippen LogP contribution in [-0.4, -0.2) is 100 Å². The molecule has 0 unspecified atom stereocenters. The van der Waals surface area contributed by atoms with Crippen molar-refractivity contribution < 1.29 is 24.1 Å². The van der Waals surface area contributed by atoms with Crippen molar-refractivity contribution in [1.82, 2.24) is 90.4 Å². The van der Waals surface area contributed by atoms with Gasteiger partial charge < -0.3 is 36.9 Å². The van der Waals surface area contributed by atoms with Crippen LogP contribution < -0.4 is 36.6 Å². The maximum absolute atomic E-state index is 12.3. The number of nitrogens with zero attached hydrogens (tertiary/aromatic N) is 14. The molecule has 5 aliphatic rings. The summed E-state index contributed by atoms with van der Waals surface area (Å²) in [4.78, 5) is 38.9. The fourth-order valence-corrected chi connectivity index (χ4v) is 12.8. The van der Waals surface area contributed by atoms with E-state index in [1.54, 1.807) is 67.3 Å². The Bertz CT molecular complexity index is 5590. The Balaban J connectivity index is 0.000000319. The van der Waals surface area contributed by atoms with Crippen molar-refractivity contribution in [2.45, 2.75) is 119 Å². The Labute approximate surface area is 630 Å². The van der Waals surface area contributed by atoms with Crippen LogP contribution in [0.1, 0.15) is 160 Å². The van der Waals surface area contributed by atoms with Crippen LogP contribution in [0.2, 0.25) is 5.02 Å². The van der Waals surface area contributed by atoms with Crippen LogP contribution in [0.5, 0.6) is 0 Å². The van der Waals surface area contributed by atoms with Crippen molar-refractivity contribution in [3.8, 4) is 35.9 Å². The van der Waals surface area contributed by atoms with E-state index in [2.05, 4.69) is 159 Å². The first-order valence-electron chi connectivity index (χ1n) is 34.8. The highest BCUT2D eigenvalue weighted by Crippen LogP contribution is 2.43. The smallest absolute Gasteiger partial charge is 0.240 e. The first-order chi connectivity index (χ1) is 51.8. The summed E-state index contributed by atoms with van der Waals surface area (Å²) in [6.07, 6.45) is 28.6. The van der Waals surface area contributed by atoms with Gasteiger partial charge in [0.1, 0.15) is 10.8 Å². The number of nitrogens with one attached hydrogen (secondary N) is 12. The topological polar surface area (TPSA) is 400 Å². The van der Waals surface area contributed by atoms with E-state index in [1.165, 1.54) is 62.8 Å². The van der Waals surface area contributed by atoms with E-state index in [0.717, 1.165) is 97.6 Å². The molecule has 106 heavy (non-hydrogen) atoms. The first-order valence-corrected chi connectivity index (χ1v) is 36.6. The van der Waals surface area contributed by atoms with Crippen molar-refractivity contribution >= 4 is 102 Å². The Hall–Kier alpha value is -12.9. The number of sulfonamides is 1. The van der Waals surface area contributed by atoms with Gasteiger partial charge in [-0.05, 0) is 161 Å². The molecule has 0 saturated heterocycles. The summed E-state index contributed by atoms with van der Waals surface area (Å²) in [6, 6.07) is 41.8. The molecule has 0 atom stereocenters. The summed E-state index contributed by atoms with van der Waals surface area (Å²) < 4.78 is 27.2. The van der Waals surface area contributed by atoms with Crippen molar-refractivity contribution in [2.24, 2.45) is 0 Å². The maximum atomic E-state index is 12.3. The van der Waals surface area contributed by atoms with E-state index < -0.39 is 10.0 Å². The molecular weight excluding hydrogens is 1380 g/mol. The number of aryl methyl sites for hydroxylation is 1. The second-order valence-corrected chi connectivity index (χ2v) is 28.6. The average molecular weight is 1470 g/mol. The van der Waals surface area contributed by atoms with Gasteiger partial charge in [-0.2, -0.15) is 40.9 Å². The quantitative estimate of drug-likeness (QED) is 0.0265. The molecule has 12 N–H and O–H groups in total. The lowest BCUT2D eigenvalue weighted by Crippen LogP contribution is -2.25. The predicted molar refractivity (Wildman–Crippen MR) is 428 cm³/mol. The molecule has 5 saturated carbocycles. The number of halogens is 1. The van der Waals surface area contributed by atoms with Crippen LogP contribution in [0.25, 0.3) is 22.3 Å². The van der Waals surface area contributed by atoms with Gasteiger partial charge in [-0.3, -0.25) is 20.4 Å². The maximum Gasteiger partial charge on any atom is 0.240 e. The summed E-state index contributed by atoms with van der Waals surface area (Å²) in [5.74, 6) is 10.4. The highest BCUT2D eigenvalue weighted by Gasteiger charge is 2.30. The van der Waals surface area contributed by atoms with Crippen LogP contribution in [0.3, 0.4) is 0 Å². The molecule has 4 aromatic carbocycles. The Morgan fingerprint density at radius 2 is 1.25 bits per heavy atom. The fraction of sp³-hybridized carbons (Fsp3) is 0.237. The minimum atomic E-state index is -3.45. The summed E-state index contributed by atoms with van der Waals surface area (Å²) in [7, 11) is -3.45. The first kappa shape index (κ1) is 68.9. The average Bonchev–Trinajstić information content (AvgIpc) is 1.74. The highest BCUT2D eigenvalue weighted by atomic mass is 35.5. The number of nitriles is 2. The molecule has 0 bridgehead atoms. The third kappa shape index (κ3) is 18.1. The number of benzene rings is 4. The monoisotopic (exact) mass is 1470 g/mol. The molecule has 9 aromatic heterocycles. The highest BCUT2D eigenvalue weighted by molar-refractivity contribution is 7.89. The number of H-pyrrole nitrogens is 5. The summed E-state index contributed by atoms with van der Waals surface area (Å²) in [6.45, 7) is 1.97. The van der Waals surface area contributed by atoms with Crippen LogP contribution in [0.15, 0.2) is 163 Å². The number of hydrogen-bond acceptors (Lipinski definition) is 22. The van der Waals surface area contributed by atoms with Gasteiger partial charge in [0, 0.05) is 133 Å².